The Labute approximate surface area is 126 Å². The molecule has 0 heterocycles. The van der Waals surface area contributed by atoms with E-state index in [9.17, 15) is 0 Å². The van der Waals surface area contributed by atoms with Gasteiger partial charge >= 0.3 is 0 Å². The van der Waals surface area contributed by atoms with E-state index < -0.39 is 0 Å². The van der Waals surface area contributed by atoms with Crippen molar-refractivity contribution in [3.8, 4) is 0 Å². The SMILES string of the molecule is CCc1ccc(C(CC)NC(C)CCCC(C)C)cc1. The van der Waals surface area contributed by atoms with Crippen LogP contribution in [-0.2, 0) is 6.42 Å². The van der Waals surface area contributed by atoms with E-state index in [1.165, 1.54) is 30.4 Å². The Balaban J connectivity index is 2.48. The van der Waals surface area contributed by atoms with Gasteiger partial charge in [0.1, 0.15) is 0 Å². The van der Waals surface area contributed by atoms with E-state index in [1.54, 1.807) is 0 Å². The van der Waals surface area contributed by atoms with Crippen LogP contribution in [0.5, 0.6) is 0 Å². The van der Waals surface area contributed by atoms with Crippen LogP contribution >= 0.6 is 0 Å². The van der Waals surface area contributed by atoms with Crippen molar-refractivity contribution >= 4 is 0 Å². The fraction of sp³-hybridized carbons (Fsp3) is 0.684. The third-order valence-electron chi connectivity index (χ3n) is 4.10. The first-order valence-corrected chi connectivity index (χ1v) is 8.41. The molecule has 0 bridgehead atoms. The molecule has 0 aliphatic heterocycles. The molecule has 0 fully saturated rings. The number of rotatable bonds is 9. The molecule has 2 atom stereocenters. The minimum absolute atomic E-state index is 0.495. The zero-order valence-electron chi connectivity index (χ0n) is 14.1. The predicted octanol–water partition coefficient (Wildman–Crippen LogP) is 5.50. The molecule has 0 spiro atoms. The van der Waals surface area contributed by atoms with Crippen LogP contribution in [0.4, 0.5) is 0 Å². The Morgan fingerprint density at radius 2 is 1.60 bits per heavy atom. The largest absolute Gasteiger partial charge is 0.307 e. The van der Waals surface area contributed by atoms with Crippen LogP contribution in [0.2, 0.25) is 0 Å². The zero-order chi connectivity index (χ0) is 15.0. The fourth-order valence-corrected chi connectivity index (χ4v) is 2.69. The van der Waals surface area contributed by atoms with Crippen LogP contribution in [-0.4, -0.2) is 6.04 Å². The molecule has 114 valence electrons. The first-order valence-electron chi connectivity index (χ1n) is 8.41. The van der Waals surface area contributed by atoms with E-state index in [4.69, 9.17) is 0 Å². The Hall–Kier alpha value is -0.820. The topological polar surface area (TPSA) is 12.0 Å². The highest BCUT2D eigenvalue weighted by molar-refractivity contribution is 5.25. The van der Waals surface area contributed by atoms with Gasteiger partial charge < -0.3 is 5.32 Å². The third-order valence-corrected chi connectivity index (χ3v) is 4.10. The summed E-state index contributed by atoms with van der Waals surface area (Å²) in [6, 6.07) is 10.2. The molecule has 0 saturated carbocycles. The van der Waals surface area contributed by atoms with Gasteiger partial charge in [0.15, 0.2) is 0 Å². The molecule has 0 saturated heterocycles. The second kappa shape index (κ2) is 9.18. The summed E-state index contributed by atoms with van der Waals surface area (Å²) in [4.78, 5) is 0. The molecule has 1 N–H and O–H groups in total. The van der Waals surface area contributed by atoms with Crippen molar-refractivity contribution in [3.63, 3.8) is 0 Å². The summed E-state index contributed by atoms with van der Waals surface area (Å²) in [7, 11) is 0. The Morgan fingerprint density at radius 1 is 0.950 bits per heavy atom. The van der Waals surface area contributed by atoms with Crippen molar-refractivity contribution in [2.24, 2.45) is 5.92 Å². The van der Waals surface area contributed by atoms with E-state index in [2.05, 4.69) is 64.2 Å². The van der Waals surface area contributed by atoms with Gasteiger partial charge in [-0.3, -0.25) is 0 Å². The molecule has 0 amide bonds. The van der Waals surface area contributed by atoms with Crippen LogP contribution in [0.1, 0.15) is 77.5 Å². The van der Waals surface area contributed by atoms with Crippen LogP contribution in [0.25, 0.3) is 0 Å². The Bertz CT molecular complexity index is 353. The molecule has 0 aliphatic rings. The molecule has 2 unspecified atom stereocenters. The molecule has 0 aromatic heterocycles. The number of nitrogens with one attached hydrogen (secondary N) is 1. The van der Waals surface area contributed by atoms with Gasteiger partial charge in [-0.25, -0.2) is 0 Å². The summed E-state index contributed by atoms with van der Waals surface area (Å²) in [5, 5.41) is 3.79. The van der Waals surface area contributed by atoms with Gasteiger partial charge in [-0.15, -0.1) is 0 Å². The normalized spacial score (nSPS) is 14.5. The minimum Gasteiger partial charge on any atom is -0.307 e. The van der Waals surface area contributed by atoms with Crippen molar-refractivity contribution < 1.29 is 0 Å². The number of benzene rings is 1. The van der Waals surface area contributed by atoms with Crippen LogP contribution in [0, 0.1) is 5.92 Å². The van der Waals surface area contributed by atoms with Crippen LogP contribution in [0.15, 0.2) is 24.3 Å². The molecule has 1 rings (SSSR count). The van der Waals surface area contributed by atoms with Crippen molar-refractivity contribution in [1.29, 1.82) is 0 Å². The lowest BCUT2D eigenvalue weighted by Crippen LogP contribution is -2.30. The van der Waals surface area contributed by atoms with Gasteiger partial charge in [0, 0.05) is 12.1 Å². The van der Waals surface area contributed by atoms with Gasteiger partial charge in [-0.1, -0.05) is 64.8 Å². The maximum Gasteiger partial charge on any atom is 0.0319 e. The summed E-state index contributed by atoms with van der Waals surface area (Å²) in [6.07, 6.45) is 6.23. The third kappa shape index (κ3) is 6.09. The van der Waals surface area contributed by atoms with E-state index in [0.717, 1.165) is 18.8 Å². The van der Waals surface area contributed by atoms with E-state index in [1.807, 2.05) is 0 Å². The number of hydrogen-bond donors (Lipinski definition) is 1. The maximum atomic E-state index is 3.79. The minimum atomic E-state index is 0.495. The van der Waals surface area contributed by atoms with Crippen molar-refractivity contribution in [1.82, 2.24) is 5.32 Å². The molecule has 1 aromatic carbocycles. The lowest BCUT2D eigenvalue weighted by Gasteiger charge is -2.23. The highest BCUT2D eigenvalue weighted by atomic mass is 14.9. The first kappa shape index (κ1) is 17.2. The molecular formula is C19H33N. The van der Waals surface area contributed by atoms with Crippen molar-refractivity contribution in [2.75, 3.05) is 0 Å². The van der Waals surface area contributed by atoms with E-state index in [-0.39, 0.29) is 0 Å². The average molecular weight is 275 g/mol. The quantitative estimate of drug-likeness (QED) is 0.627. The summed E-state index contributed by atoms with van der Waals surface area (Å²) >= 11 is 0. The summed E-state index contributed by atoms with van der Waals surface area (Å²) < 4.78 is 0. The van der Waals surface area contributed by atoms with Gasteiger partial charge in [-0.05, 0) is 43.2 Å². The number of hydrogen-bond acceptors (Lipinski definition) is 1. The predicted molar refractivity (Wildman–Crippen MR) is 90.1 cm³/mol. The van der Waals surface area contributed by atoms with Crippen molar-refractivity contribution in [2.45, 2.75) is 78.8 Å². The van der Waals surface area contributed by atoms with Gasteiger partial charge in [0.05, 0.1) is 0 Å². The molecule has 20 heavy (non-hydrogen) atoms. The Morgan fingerprint density at radius 3 is 2.10 bits per heavy atom. The molecule has 1 aromatic rings. The summed E-state index contributed by atoms with van der Waals surface area (Å²) in [5.41, 5.74) is 2.86. The van der Waals surface area contributed by atoms with E-state index >= 15 is 0 Å². The van der Waals surface area contributed by atoms with Gasteiger partial charge in [-0.2, -0.15) is 0 Å². The monoisotopic (exact) mass is 275 g/mol. The van der Waals surface area contributed by atoms with Gasteiger partial charge in [0.25, 0.3) is 0 Å². The zero-order valence-corrected chi connectivity index (χ0v) is 14.1. The fourth-order valence-electron chi connectivity index (χ4n) is 2.69. The first-order chi connectivity index (χ1) is 9.56. The smallest absolute Gasteiger partial charge is 0.0319 e. The highest BCUT2D eigenvalue weighted by Gasteiger charge is 2.12. The van der Waals surface area contributed by atoms with Crippen LogP contribution < -0.4 is 5.32 Å². The highest BCUT2D eigenvalue weighted by Crippen LogP contribution is 2.19. The summed E-state index contributed by atoms with van der Waals surface area (Å²) in [5.74, 6) is 0.825. The molecule has 1 nitrogen and oxygen atoms in total. The summed E-state index contributed by atoms with van der Waals surface area (Å²) in [6.45, 7) is 11.4. The van der Waals surface area contributed by atoms with Crippen molar-refractivity contribution in [3.05, 3.63) is 35.4 Å². The standard InChI is InChI=1S/C19H33N/c1-6-17-11-13-18(14-12-17)19(7-2)20-16(5)10-8-9-15(3)4/h11-16,19-20H,6-10H2,1-5H3. The lowest BCUT2D eigenvalue weighted by molar-refractivity contribution is 0.404. The van der Waals surface area contributed by atoms with Crippen LogP contribution in [0.3, 0.4) is 0 Å². The second-order valence-electron chi connectivity index (χ2n) is 6.45. The molecule has 1 heteroatoms. The number of aryl methyl sites for hydroxylation is 1. The lowest BCUT2D eigenvalue weighted by atomic mass is 9.99. The molecule has 0 radical (unpaired) electrons. The average Bonchev–Trinajstić information content (AvgIpc) is 2.44. The van der Waals surface area contributed by atoms with Gasteiger partial charge in [0.2, 0.25) is 0 Å². The maximum absolute atomic E-state index is 3.79. The second-order valence-corrected chi connectivity index (χ2v) is 6.45. The molecule has 0 aliphatic carbocycles. The van der Waals surface area contributed by atoms with E-state index in [0.29, 0.717) is 12.1 Å². The molecular weight excluding hydrogens is 242 g/mol. The Kier molecular flexibility index (Phi) is 7.91.